The van der Waals surface area contributed by atoms with Crippen LogP contribution in [0.3, 0.4) is 0 Å². The highest BCUT2D eigenvalue weighted by Gasteiger charge is 2.26. The van der Waals surface area contributed by atoms with Gasteiger partial charge in [-0.1, -0.05) is 12.1 Å². The summed E-state index contributed by atoms with van der Waals surface area (Å²) in [4.78, 5) is 18.9. The monoisotopic (exact) mass is 399 g/mol. The van der Waals surface area contributed by atoms with E-state index in [0.717, 1.165) is 24.7 Å². The number of aromatic amines is 1. The zero-order chi connectivity index (χ0) is 20.4. The van der Waals surface area contributed by atoms with Crippen LogP contribution in [0.1, 0.15) is 36.1 Å². The molecule has 0 saturated heterocycles. The van der Waals surface area contributed by atoms with Crippen molar-refractivity contribution in [2.24, 2.45) is 0 Å². The molecule has 1 aromatic carbocycles. The van der Waals surface area contributed by atoms with E-state index >= 15 is 0 Å². The summed E-state index contributed by atoms with van der Waals surface area (Å²) in [6.45, 7) is -0.375. The van der Waals surface area contributed by atoms with Gasteiger partial charge in [-0.05, 0) is 30.5 Å². The van der Waals surface area contributed by atoms with Crippen LogP contribution < -0.4 is 10.6 Å². The Hall–Kier alpha value is -3.60. The average Bonchev–Trinajstić information content (AvgIpc) is 3.46. The molecule has 11 heteroatoms. The molecule has 2 heterocycles. The third-order valence-electron chi connectivity index (χ3n) is 4.59. The van der Waals surface area contributed by atoms with E-state index in [2.05, 4.69) is 30.8 Å². The van der Waals surface area contributed by atoms with Gasteiger partial charge in [0, 0.05) is 17.7 Å². The summed E-state index contributed by atoms with van der Waals surface area (Å²) in [5, 5.41) is 33.9. The van der Waals surface area contributed by atoms with Gasteiger partial charge in [-0.3, -0.25) is 15.2 Å². The van der Waals surface area contributed by atoms with Crippen LogP contribution in [-0.4, -0.2) is 36.8 Å². The fourth-order valence-corrected chi connectivity index (χ4v) is 2.89. The lowest BCUT2D eigenvalue weighted by molar-refractivity contribution is -0.384. The lowest BCUT2D eigenvalue weighted by Crippen LogP contribution is -2.17. The Morgan fingerprint density at radius 1 is 1.34 bits per heavy atom. The molecule has 29 heavy (non-hydrogen) atoms. The summed E-state index contributed by atoms with van der Waals surface area (Å²) in [6, 6.07) is 6.59. The molecule has 3 aromatic rings. The molecule has 0 bridgehead atoms. The summed E-state index contributed by atoms with van der Waals surface area (Å²) >= 11 is 0. The van der Waals surface area contributed by atoms with Gasteiger partial charge in [0.05, 0.1) is 17.6 Å². The summed E-state index contributed by atoms with van der Waals surface area (Å²) in [5.41, 5.74) is 1.22. The number of hydrogen-bond donors (Lipinski definition) is 4. The van der Waals surface area contributed by atoms with Gasteiger partial charge in [0.25, 0.3) is 0 Å². The first kappa shape index (κ1) is 18.7. The minimum Gasteiger partial charge on any atom is -0.394 e. The number of aliphatic hydroxyl groups is 1. The maximum absolute atomic E-state index is 13.2. The fraction of sp³-hybridized carbons (Fsp3) is 0.278. The number of anilines is 3. The third kappa shape index (κ3) is 4.29. The second-order valence-corrected chi connectivity index (χ2v) is 6.72. The number of H-pyrrole nitrogens is 1. The van der Waals surface area contributed by atoms with Crippen LogP contribution in [0.2, 0.25) is 0 Å². The lowest BCUT2D eigenvalue weighted by atomic mass is 10.1. The summed E-state index contributed by atoms with van der Waals surface area (Å²) < 4.78 is 13.2. The van der Waals surface area contributed by atoms with Crippen LogP contribution >= 0.6 is 0 Å². The van der Waals surface area contributed by atoms with Crippen molar-refractivity contribution < 1.29 is 14.4 Å². The van der Waals surface area contributed by atoms with E-state index in [-0.39, 0.29) is 24.1 Å². The maximum atomic E-state index is 13.2. The van der Waals surface area contributed by atoms with E-state index in [0.29, 0.717) is 17.3 Å². The molecule has 10 nitrogen and oxygen atoms in total. The number of rotatable bonds is 8. The van der Waals surface area contributed by atoms with E-state index in [1.807, 2.05) is 6.07 Å². The van der Waals surface area contributed by atoms with Crippen molar-refractivity contribution in [3.8, 4) is 0 Å². The van der Waals surface area contributed by atoms with Crippen molar-refractivity contribution >= 4 is 23.3 Å². The Labute approximate surface area is 164 Å². The molecule has 0 radical (unpaired) electrons. The second-order valence-electron chi connectivity index (χ2n) is 6.72. The van der Waals surface area contributed by atoms with Gasteiger partial charge in [0.1, 0.15) is 12.0 Å². The predicted molar refractivity (Wildman–Crippen MR) is 102 cm³/mol. The molecular weight excluding hydrogens is 381 g/mol. The first-order valence-corrected chi connectivity index (χ1v) is 9.00. The van der Waals surface area contributed by atoms with Crippen molar-refractivity contribution in [2.75, 3.05) is 17.2 Å². The number of nitrogens with one attached hydrogen (secondary N) is 3. The van der Waals surface area contributed by atoms with Gasteiger partial charge in [0.2, 0.25) is 11.8 Å². The van der Waals surface area contributed by atoms with E-state index in [4.69, 9.17) is 0 Å². The second kappa shape index (κ2) is 7.80. The molecule has 1 atom stereocenters. The van der Waals surface area contributed by atoms with Crippen LogP contribution in [-0.2, 0) is 0 Å². The number of nitrogens with zero attached hydrogens (tertiary/aromatic N) is 4. The molecule has 0 aliphatic heterocycles. The number of nitro groups is 1. The molecule has 4 N–H and O–H groups in total. The Kier molecular flexibility index (Phi) is 5.04. The lowest BCUT2D eigenvalue weighted by Gasteiger charge is -2.17. The predicted octanol–water partition coefficient (Wildman–Crippen LogP) is 3.01. The van der Waals surface area contributed by atoms with E-state index in [1.165, 1.54) is 24.3 Å². The molecule has 4 rings (SSSR count). The SMILES string of the molecule is O=[N+]([O-])c1cnc(Nc2cc(C3CC3)[nH]n2)nc1NC(CO)c1ccc(F)cc1. The van der Waals surface area contributed by atoms with Crippen LogP contribution in [0.5, 0.6) is 0 Å². The minimum atomic E-state index is -0.719. The molecule has 0 spiro atoms. The average molecular weight is 399 g/mol. The van der Waals surface area contributed by atoms with Crippen LogP contribution in [0.15, 0.2) is 36.5 Å². The topological polar surface area (TPSA) is 142 Å². The maximum Gasteiger partial charge on any atom is 0.329 e. The van der Waals surface area contributed by atoms with Crippen molar-refractivity contribution in [1.82, 2.24) is 20.2 Å². The summed E-state index contributed by atoms with van der Waals surface area (Å²) in [6.07, 6.45) is 3.32. The zero-order valence-electron chi connectivity index (χ0n) is 15.2. The third-order valence-corrected chi connectivity index (χ3v) is 4.59. The van der Waals surface area contributed by atoms with Crippen molar-refractivity contribution in [2.45, 2.75) is 24.8 Å². The highest BCUT2D eigenvalue weighted by Crippen LogP contribution is 2.39. The number of aliphatic hydroxyl groups excluding tert-OH is 1. The van der Waals surface area contributed by atoms with Gasteiger partial charge in [-0.25, -0.2) is 9.37 Å². The Morgan fingerprint density at radius 3 is 2.76 bits per heavy atom. The Morgan fingerprint density at radius 2 is 2.10 bits per heavy atom. The van der Waals surface area contributed by atoms with Crippen LogP contribution in [0.4, 0.5) is 27.7 Å². The molecule has 1 aliphatic carbocycles. The number of halogens is 1. The number of aromatic nitrogens is 4. The number of hydrogen-bond acceptors (Lipinski definition) is 8. The quantitative estimate of drug-likeness (QED) is 0.334. The molecule has 1 saturated carbocycles. The van der Waals surface area contributed by atoms with E-state index in [1.54, 1.807) is 0 Å². The molecule has 1 fully saturated rings. The molecule has 1 aliphatic rings. The van der Waals surface area contributed by atoms with E-state index in [9.17, 15) is 19.6 Å². The summed E-state index contributed by atoms with van der Waals surface area (Å²) in [5.74, 6) is 0.615. The van der Waals surface area contributed by atoms with Crippen molar-refractivity contribution in [3.63, 3.8) is 0 Å². The Bertz CT molecular complexity index is 1020. The summed E-state index contributed by atoms with van der Waals surface area (Å²) in [7, 11) is 0. The van der Waals surface area contributed by atoms with Crippen molar-refractivity contribution in [3.05, 3.63) is 63.7 Å². The normalized spacial score (nSPS) is 14.4. The highest BCUT2D eigenvalue weighted by molar-refractivity contribution is 5.60. The molecular formula is C18H18FN7O3. The zero-order valence-corrected chi connectivity index (χ0v) is 15.2. The van der Waals surface area contributed by atoms with Gasteiger partial charge < -0.3 is 15.7 Å². The highest BCUT2D eigenvalue weighted by atomic mass is 19.1. The molecule has 1 unspecified atom stereocenters. The van der Waals surface area contributed by atoms with Gasteiger partial charge in [-0.15, -0.1) is 0 Å². The standard InChI is InChI=1S/C18H18FN7O3/c19-12-5-3-11(4-6-12)14(9-27)21-17-15(26(28)29)8-20-18(23-17)22-16-7-13(24-25-16)10-1-2-10/h3-8,10,14,27H,1-2,9H2,(H3,20,21,22,23,24,25). The first-order valence-electron chi connectivity index (χ1n) is 9.00. The molecule has 0 amide bonds. The fourth-order valence-electron chi connectivity index (χ4n) is 2.89. The van der Waals surface area contributed by atoms with Crippen LogP contribution in [0.25, 0.3) is 0 Å². The smallest absolute Gasteiger partial charge is 0.329 e. The minimum absolute atomic E-state index is 0.0752. The van der Waals surface area contributed by atoms with Crippen molar-refractivity contribution in [1.29, 1.82) is 0 Å². The van der Waals surface area contributed by atoms with Gasteiger partial charge >= 0.3 is 5.69 Å². The molecule has 150 valence electrons. The van der Waals surface area contributed by atoms with Gasteiger partial charge in [-0.2, -0.15) is 10.1 Å². The largest absolute Gasteiger partial charge is 0.394 e. The number of benzene rings is 1. The molecule has 2 aromatic heterocycles. The Balaban J connectivity index is 1.58. The van der Waals surface area contributed by atoms with Gasteiger partial charge in [0.15, 0.2) is 5.82 Å². The van der Waals surface area contributed by atoms with E-state index < -0.39 is 16.8 Å². The van der Waals surface area contributed by atoms with Crippen LogP contribution in [0, 0.1) is 15.9 Å². The first-order chi connectivity index (χ1) is 14.0.